The average Bonchev–Trinajstić information content (AvgIpc) is 2.17. The first-order chi connectivity index (χ1) is 7.58. The van der Waals surface area contributed by atoms with E-state index >= 15 is 0 Å². The highest BCUT2D eigenvalue weighted by molar-refractivity contribution is 4.99. The predicted molar refractivity (Wildman–Crippen MR) is 56.9 cm³/mol. The Bertz CT molecular complexity index is 390. The molecular formula is C10H17N3O3. The number of nitrogens with one attached hydrogen (secondary N) is 2. The summed E-state index contributed by atoms with van der Waals surface area (Å²) in [5.74, 6) is -0.677. The van der Waals surface area contributed by atoms with Crippen LogP contribution in [0.15, 0.2) is 15.7 Å². The van der Waals surface area contributed by atoms with Crippen molar-refractivity contribution < 1.29 is 10.8 Å². The summed E-state index contributed by atoms with van der Waals surface area (Å²) in [6.07, 6.45) is 7.05. The highest BCUT2D eigenvalue weighted by atomic mass is 16.3. The molecule has 2 rings (SSSR count). The molecule has 0 spiro atoms. The molecule has 0 amide bonds. The van der Waals surface area contributed by atoms with Gasteiger partial charge in [0.05, 0.1) is 6.04 Å². The number of rotatable bonds is 0. The fraction of sp³-hybridized carbons (Fsp3) is 0.600. The molecule has 1 saturated carbocycles. The van der Waals surface area contributed by atoms with Crippen molar-refractivity contribution in [3.05, 3.63) is 26.9 Å². The zero-order chi connectivity index (χ0) is 12.0. The molecule has 1 aliphatic carbocycles. The van der Waals surface area contributed by atoms with Gasteiger partial charge < -0.3 is 15.8 Å². The summed E-state index contributed by atoms with van der Waals surface area (Å²) in [7, 11) is 0. The van der Waals surface area contributed by atoms with Crippen LogP contribution in [0.3, 0.4) is 0 Å². The molecule has 0 bridgehead atoms. The van der Waals surface area contributed by atoms with Gasteiger partial charge in [0.2, 0.25) is 0 Å². The minimum Gasteiger partial charge on any atom is -0.860 e. The topological polar surface area (TPSA) is 116 Å². The van der Waals surface area contributed by atoms with Crippen molar-refractivity contribution in [1.82, 2.24) is 9.97 Å². The smallest absolute Gasteiger partial charge is 0.325 e. The van der Waals surface area contributed by atoms with E-state index in [-0.39, 0.29) is 0 Å². The van der Waals surface area contributed by atoms with Gasteiger partial charge in [-0.15, -0.1) is 0 Å². The van der Waals surface area contributed by atoms with Crippen LogP contribution in [0.5, 0.6) is 5.88 Å². The molecule has 0 atom stereocenters. The molecule has 1 aromatic heterocycles. The zero-order valence-corrected chi connectivity index (χ0v) is 9.12. The Labute approximate surface area is 92.5 Å². The Kier molecular flexibility index (Phi) is 4.78. The molecule has 0 aliphatic heterocycles. The monoisotopic (exact) mass is 227 g/mol. The van der Waals surface area contributed by atoms with Crippen molar-refractivity contribution in [3.63, 3.8) is 0 Å². The molecule has 6 heteroatoms. The summed E-state index contributed by atoms with van der Waals surface area (Å²) in [5, 5.41) is 10.2. The SMILES string of the molecule is O=c1cc([O-])[nH]c(=O)[nH]1.[NH3+]C1CCCCC1. The number of hydrogen-bond acceptors (Lipinski definition) is 3. The third-order valence-electron chi connectivity index (χ3n) is 2.46. The lowest BCUT2D eigenvalue weighted by molar-refractivity contribution is -0.425. The minimum atomic E-state index is -0.771. The van der Waals surface area contributed by atoms with Gasteiger partial charge in [0.15, 0.2) is 0 Å². The standard InChI is InChI=1S/C6H13N.C4H4N2O3/c7-6-4-2-1-3-5-6;7-2-1-3(8)6-4(9)5-2/h6H,1-5,7H2;1H,(H3,5,6,7,8,9). The van der Waals surface area contributed by atoms with E-state index in [2.05, 4.69) is 5.73 Å². The van der Waals surface area contributed by atoms with Crippen molar-refractivity contribution in [2.75, 3.05) is 0 Å². The van der Waals surface area contributed by atoms with Crippen LogP contribution in [-0.2, 0) is 0 Å². The van der Waals surface area contributed by atoms with Gasteiger partial charge >= 0.3 is 5.69 Å². The van der Waals surface area contributed by atoms with Gasteiger partial charge in [-0.25, -0.2) is 4.79 Å². The third-order valence-corrected chi connectivity index (χ3v) is 2.46. The number of aromatic nitrogens is 2. The van der Waals surface area contributed by atoms with E-state index in [1.807, 2.05) is 9.97 Å². The molecule has 0 aromatic carbocycles. The van der Waals surface area contributed by atoms with E-state index in [1.54, 1.807) is 0 Å². The van der Waals surface area contributed by atoms with Gasteiger partial charge in [-0.2, -0.15) is 0 Å². The van der Waals surface area contributed by atoms with Crippen molar-refractivity contribution in [1.29, 1.82) is 0 Å². The summed E-state index contributed by atoms with van der Waals surface area (Å²) in [6, 6.07) is 1.55. The Hall–Kier alpha value is -1.56. The first-order valence-corrected chi connectivity index (χ1v) is 5.41. The average molecular weight is 227 g/mol. The summed E-state index contributed by atoms with van der Waals surface area (Å²) in [5.41, 5.74) is 2.55. The van der Waals surface area contributed by atoms with Crippen LogP contribution < -0.4 is 22.1 Å². The Morgan fingerprint density at radius 3 is 2.19 bits per heavy atom. The van der Waals surface area contributed by atoms with Crippen molar-refractivity contribution in [2.24, 2.45) is 0 Å². The molecule has 5 N–H and O–H groups in total. The summed E-state index contributed by atoms with van der Waals surface area (Å²) in [4.78, 5) is 24.1. The van der Waals surface area contributed by atoms with Crippen molar-refractivity contribution >= 4 is 0 Å². The van der Waals surface area contributed by atoms with Gasteiger partial charge in [0, 0.05) is 6.07 Å². The normalized spacial score (nSPS) is 16.3. The van der Waals surface area contributed by atoms with Crippen LogP contribution >= 0.6 is 0 Å². The lowest BCUT2D eigenvalue weighted by atomic mass is 9.97. The second-order valence-corrected chi connectivity index (χ2v) is 3.96. The lowest BCUT2D eigenvalue weighted by Crippen LogP contribution is -2.61. The molecule has 6 nitrogen and oxygen atoms in total. The molecule has 0 saturated heterocycles. The summed E-state index contributed by atoms with van der Waals surface area (Å²) in [6.45, 7) is 0. The minimum absolute atomic E-state index is 0.677. The maximum atomic E-state index is 10.2. The van der Waals surface area contributed by atoms with Gasteiger partial charge in [-0.05, 0) is 31.6 Å². The molecule has 1 fully saturated rings. The molecule has 1 aromatic rings. The van der Waals surface area contributed by atoms with E-state index in [0.29, 0.717) is 0 Å². The van der Waals surface area contributed by atoms with Crippen LogP contribution in [0.4, 0.5) is 0 Å². The fourth-order valence-electron chi connectivity index (χ4n) is 1.63. The van der Waals surface area contributed by atoms with Crippen LogP contribution in [0.2, 0.25) is 0 Å². The van der Waals surface area contributed by atoms with Crippen LogP contribution in [0, 0.1) is 0 Å². The van der Waals surface area contributed by atoms with E-state index in [0.717, 1.165) is 12.1 Å². The van der Waals surface area contributed by atoms with Gasteiger partial charge in [0.25, 0.3) is 5.56 Å². The van der Waals surface area contributed by atoms with Gasteiger partial charge in [-0.3, -0.25) is 9.78 Å². The van der Waals surface area contributed by atoms with Crippen LogP contribution in [-0.4, -0.2) is 16.0 Å². The van der Waals surface area contributed by atoms with Crippen molar-refractivity contribution in [3.8, 4) is 5.88 Å². The first kappa shape index (κ1) is 12.5. The Balaban J connectivity index is 0.000000165. The molecule has 90 valence electrons. The Morgan fingerprint density at radius 2 is 1.81 bits per heavy atom. The number of hydrogen-bond donors (Lipinski definition) is 3. The lowest BCUT2D eigenvalue weighted by Gasteiger charge is -2.12. The Morgan fingerprint density at radius 1 is 1.19 bits per heavy atom. The molecule has 0 radical (unpaired) electrons. The summed E-state index contributed by atoms with van der Waals surface area (Å²) >= 11 is 0. The van der Waals surface area contributed by atoms with Crippen LogP contribution in [0.25, 0.3) is 0 Å². The summed E-state index contributed by atoms with van der Waals surface area (Å²) < 4.78 is 0. The van der Waals surface area contributed by atoms with Gasteiger partial charge in [0.1, 0.15) is 0 Å². The molecule has 1 heterocycles. The molecular weight excluding hydrogens is 210 g/mol. The molecule has 16 heavy (non-hydrogen) atoms. The number of quaternary nitrogens is 1. The van der Waals surface area contributed by atoms with E-state index in [9.17, 15) is 14.7 Å². The van der Waals surface area contributed by atoms with E-state index in [1.165, 1.54) is 32.1 Å². The second kappa shape index (κ2) is 6.12. The molecule has 0 unspecified atom stereocenters. The number of H-pyrrole nitrogens is 2. The second-order valence-electron chi connectivity index (χ2n) is 3.96. The zero-order valence-electron chi connectivity index (χ0n) is 9.12. The predicted octanol–water partition coefficient (Wildman–Crippen LogP) is -1.30. The van der Waals surface area contributed by atoms with E-state index in [4.69, 9.17) is 0 Å². The largest absolute Gasteiger partial charge is 0.860 e. The molecule has 1 aliphatic rings. The maximum absolute atomic E-state index is 10.2. The highest BCUT2D eigenvalue weighted by Crippen LogP contribution is 2.13. The van der Waals surface area contributed by atoms with Crippen LogP contribution in [0.1, 0.15) is 32.1 Å². The first-order valence-electron chi connectivity index (χ1n) is 5.41. The number of aromatic amines is 2. The van der Waals surface area contributed by atoms with E-state index < -0.39 is 17.1 Å². The third kappa shape index (κ3) is 4.79. The highest BCUT2D eigenvalue weighted by Gasteiger charge is 2.09. The maximum Gasteiger partial charge on any atom is 0.325 e. The van der Waals surface area contributed by atoms with Crippen molar-refractivity contribution in [2.45, 2.75) is 38.1 Å². The van der Waals surface area contributed by atoms with Gasteiger partial charge in [-0.1, -0.05) is 6.42 Å². The quantitative estimate of drug-likeness (QED) is 0.511. The fourth-order valence-corrected chi connectivity index (χ4v) is 1.63.